The van der Waals surface area contributed by atoms with Gasteiger partial charge in [-0.1, -0.05) is 6.92 Å². The first-order valence-electron chi connectivity index (χ1n) is 4.31. The molecule has 0 aliphatic rings. The van der Waals surface area contributed by atoms with Crippen LogP contribution in [0.25, 0.3) is 0 Å². The van der Waals surface area contributed by atoms with Gasteiger partial charge >= 0.3 is 5.97 Å². The molecular formula is C8H16O4S. The molecule has 13 heavy (non-hydrogen) atoms. The van der Waals surface area contributed by atoms with Crippen LogP contribution in [-0.2, 0) is 19.4 Å². The highest BCUT2D eigenvalue weighted by Crippen LogP contribution is 2.07. The third-order valence-corrected chi connectivity index (χ3v) is 3.97. The molecule has 0 spiro atoms. The monoisotopic (exact) mass is 208 g/mol. The Morgan fingerprint density at radius 2 is 1.92 bits per heavy atom. The molecule has 0 aromatic heterocycles. The first kappa shape index (κ1) is 12.4. The molecule has 1 unspecified atom stereocenters. The number of hydrogen-bond acceptors (Lipinski definition) is 4. The summed E-state index contributed by atoms with van der Waals surface area (Å²) in [5.74, 6) is -0.389. The fraction of sp³-hybridized carbons (Fsp3) is 0.875. The predicted octanol–water partition coefficient (Wildman–Crippen LogP) is 0.763. The molecule has 0 amide bonds. The standard InChI is InChI=1S/C8H16O4S/c1-4-12-8(9)6-7(3)13(10,11)5-2/h7H,4-6H2,1-3H3. The van der Waals surface area contributed by atoms with E-state index in [-0.39, 0.29) is 18.8 Å². The van der Waals surface area contributed by atoms with Crippen molar-refractivity contribution in [1.29, 1.82) is 0 Å². The van der Waals surface area contributed by atoms with Crippen molar-refractivity contribution in [2.45, 2.75) is 32.4 Å². The topological polar surface area (TPSA) is 60.4 Å². The summed E-state index contributed by atoms with van der Waals surface area (Å²) in [4.78, 5) is 10.9. The summed E-state index contributed by atoms with van der Waals surface area (Å²) in [6.07, 6.45) is -0.0516. The molecule has 0 aliphatic heterocycles. The lowest BCUT2D eigenvalue weighted by Gasteiger charge is -2.09. The molecule has 4 nitrogen and oxygen atoms in total. The number of carbonyl (C=O) groups excluding carboxylic acids is 1. The van der Waals surface area contributed by atoms with Crippen molar-refractivity contribution < 1.29 is 17.9 Å². The molecule has 78 valence electrons. The Bertz CT molecular complexity index is 255. The van der Waals surface area contributed by atoms with Gasteiger partial charge in [-0.15, -0.1) is 0 Å². The zero-order valence-corrected chi connectivity index (χ0v) is 9.06. The normalized spacial score (nSPS) is 13.8. The highest BCUT2D eigenvalue weighted by molar-refractivity contribution is 7.91. The molecule has 0 aliphatic carbocycles. The van der Waals surface area contributed by atoms with Crippen LogP contribution in [0.1, 0.15) is 27.2 Å². The Morgan fingerprint density at radius 1 is 1.38 bits per heavy atom. The Morgan fingerprint density at radius 3 is 2.31 bits per heavy atom. The van der Waals surface area contributed by atoms with E-state index < -0.39 is 21.1 Å². The van der Waals surface area contributed by atoms with Gasteiger partial charge in [-0.2, -0.15) is 0 Å². The Labute approximate surface area is 79.2 Å². The summed E-state index contributed by atoms with van der Waals surface area (Å²) in [5, 5.41) is -0.642. The zero-order chi connectivity index (χ0) is 10.5. The lowest BCUT2D eigenvalue weighted by molar-refractivity contribution is -0.143. The minimum Gasteiger partial charge on any atom is -0.466 e. The van der Waals surface area contributed by atoms with Crippen molar-refractivity contribution in [3.63, 3.8) is 0 Å². The summed E-state index contributed by atoms with van der Waals surface area (Å²) in [7, 11) is -3.11. The number of carbonyl (C=O) groups is 1. The van der Waals surface area contributed by atoms with Gasteiger partial charge in [0.15, 0.2) is 9.84 Å². The Balaban J connectivity index is 4.16. The van der Waals surface area contributed by atoms with E-state index in [1.54, 1.807) is 13.8 Å². The highest BCUT2D eigenvalue weighted by Gasteiger charge is 2.21. The minimum absolute atomic E-state index is 0.0516. The summed E-state index contributed by atoms with van der Waals surface area (Å²) < 4.78 is 27.1. The second-order valence-corrected chi connectivity index (χ2v) is 5.48. The van der Waals surface area contributed by atoms with Gasteiger partial charge in [-0.05, 0) is 13.8 Å². The van der Waals surface area contributed by atoms with E-state index in [4.69, 9.17) is 0 Å². The van der Waals surface area contributed by atoms with E-state index in [1.807, 2.05) is 0 Å². The van der Waals surface area contributed by atoms with E-state index in [9.17, 15) is 13.2 Å². The third kappa shape index (κ3) is 4.26. The van der Waals surface area contributed by atoms with Crippen LogP contribution in [0, 0.1) is 0 Å². The van der Waals surface area contributed by atoms with Gasteiger partial charge in [0.2, 0.25) is 0 Å². The van der Waals surface area contributed by atoms with Crippen molar-refractivity contribution in [2.75, 3.05) is 12.4 Å². The molecule has 0 aromatic rings. The maximum atomic E-state index is 11.2. The molecule has 0 rings (SSSR count). The van der Waals surface area contributed by atoms with E-state index in [1.165, 1.54) is 6.92 Å². The smallest absolute Gasteiger partial charge is 0.307 e. The SMILES string of the molecule is CCOC(=O)CC(C)S(=O)(=O)CC. The van der Waals surface area contributed by atoms with Crippen LogP contribution in [0.5, 0.6) is 0 Å². The fourth-order valence-electron chi connectivity index (χ4n) is 0.866. The first-order chi connectivity index (χ1) is 5.94. The van der Waals surface area contributed by atoms with Crippen LogP contribution in [0.2, 0.25) is 0 Å². The average molecular weight is 208 g/mol. The number of ether oxygens (including phenoxy) is 1. The van der Waals surface area contributed by atoms with E-state index in [2.05, 4.69) is 4.74 Å². The summed E-state index contributed by atoms with van der Waals surface area (Å²) in [6.45, 7) is 5.07. The van der Waals surface area contributed by atoms with Gasteiger partial charge in [0.25, 0.3) is 0 Å². The first-order valence-corrected chi connectivity index (χ1v) is 6.02. The largest absolute Gasteiger partial charge is 0.466 e. The Hall–Kier alpha value is -0.580. The molecule has 0 saturated carbocycles. The van der Waals surface area contributed by atoms with Crippen LogP contribution < -0.4 is 0 Å². The van der Waals surface area contributed by atoms with E-state index in [0.717, 1.165) is 0 Å². The van der Waals surface area contributed by atoms with Crippen molar-refractivity contribution >= 4 is 15.8 Å². The van der Waals surface area contributed by atoms with Crippen molar-refractivity contribution in [2.24, 2.45) is 0 Å². The van der Waals surface area contributed by atoms with Gasteiger partial charge < -0.3 is 4.74 Å². The van der Waals surface area contributed by atoms with Gasteiger partial charge in [-0.25, -0.2) is 8.42 Å². The predicted molar refractivity (Wildman–Crippen MR) is 50.2 cm³/mol. The molecule has 0 fully saturated rings. The van der Waals surface area contributed by atoms with Crippen LogP contribution in [0.3, 0.4) is 0 Å². The number of rotatable bonds is 5. The molecule has 0 saturated heterocycles. The average Bonchev–Trinajstić information content (AvgIpc) is 2.04. The fourth-order valence-corrected chi connectivity index (χ4v) is 1.83. The quantitative estimate of drug-likeness (QED) is 0.626. The molecule has 0 N–H and O–H groups in total. The molecule has 5 heteroatoms. The lowest BCUT2D eigenvalue weighted by Crippen LogP contribution is -2.23. The number of hydrogen-bond donors (Lipinski definition) is 0. The second kappa shape index (κ2) is 5.21. The summed E-state index contributed by atoms with van der Waals surface area (Å²) in [5.41, 5.74) is 0. The maximum Gasteiger partial charge on any atom is 0.307 e. The second-order valence-electron chi connectivity index (χ2n) is 2.77. The van der Waals surface area contributed by atoms with Gasteiger partial charge in [0, 0.05) is 5.75 Å². The van der Waals surface area contributed by atoms with Gasteiger partial charge in [-0.3, -0.25) is 4.79 Å². The van der Waals surface area contributed by atoms with Crippen LogP contribution >= 0.6 is 0 Å². The maximum absolute atomic E-state index is 11.2. The van der Waals surface area contributed by atoms with E-state index in [0.29, 0.717) is 0 Å². The molecule has 0 heterocycles. The summed E-state index contributed by atoms with van der Waals surface area (Å²) >= 11 is 0. The molecule has 1 atom stereocenters. The van der Waals surface area contributed by atoms with Crippen LogP contribution in [0.15, 0.2) is 0 Å². The number of sulfone groups is 1. The Kier molecular flexibility index (Phi) is 4.98. The lowest BCUT2D eigenvalue weighted by atomic mass is 10.3. The van der Waals surface area contributed by atoms with Crippen LogP contribution in [0.4, 0.5) is 0 Å². The highest BCUT2D eigenvalue weighted by atomic mass is 32.2. The van der Waals surface area contributed by atoms with Gasteiger partial charge in [0.05, 0.1) is 18.3 Å². The van der Waals surface area contributed by atoms with Gasteiger partial charge in [0.1, 0.15) is 0 Å². The number of esters is 1. The molecule has 0 aromatic carbocycles. The zero-order valence-electron chi connectivity index (χ0n) is 8.24. The summed E-state index contributed by atoms with van der Waals surface area (Å²) in [6, 6.07) is 0. The van der Waals surface area contributed by atoms with E-state index >= 15 is 0 Å². The molecule has 0 radical (unpaired) electrons. The van der Waals surface area contributed by atoms with Crippen LogP contribution in [-0.4, -0.2) is 32.0 Å². The third-order valence-electron chi connectivity index (χ3n) is 1.77. The molecule has 0 bridgehead atoms. The van der Waals surface area contributed by atoms with Crippen molar-refractivity contribution in [3.05, 3.63) is 0 Å². The van der Waals surface area contributed by atoms with Crippen molar-refractivity contribution in [1.82, 2.24) is 0 Å². The molecular weight excluding hydrogens is 192 g/mol. The van der Waals surface area contributed by atoms with Crippen molar-refractivity contribution in [3.8, 4) is 0 Å². The minimum atomic E-state index is -3.11.